The first kappa shape index (κ1) is 58.1. The number of rotatable bonds is 10. The minimum atomic E-state index is -6.02. The lowest BCUT2D eigenvalue weighted by atomic mass is 9.77. The average Bonchev–Trinajstić information content (AvgIpc) is 0.870. The Hall–Kier alpha value is -15.4. The van der Waals surface area contributed by atoms with Crippen molar-refractivity contribution in [2.45, 2.75) is 44.4 Å². The normalized spacial score (nSPS) is 16.0. The third kappa shape index (κ3) is 13.5. The van der Waals surface area contributed by atoms with E-state index in [0.29, 0.717) is 33.2 Å². The first-order valence-corrected chi connectivity index (χ1v) is 43.4. The van der Waals surface area contributed by atoms with E-state index in [2.05, 4.69) is 129 Å². The molecule has 0 spiro atoms. The molecule has 1 aliphatic heterocycles. The van der Waals surface area contributed by atoms with Crippen LogP contribution in [0.15, 0.2) is 421 Å². The fraction of sp³-hybridized carbons (Fsp3) is 0.0588. The molecule has 2 aromatic heterocycles. The van der Waals surface area contributed by atoms with Crippen molar-refractivity contribution in [3.05, 3.63) is 412 Å². The summed E-state index contributed by atoms with van der Waals surface area (Å²) in [6.07, 6.45) is 0. The molecule has 0 bridgehead atoms. The molecule has 0 aliphatic carbocycles. The van der Waals surface area contributed by atoms with E-state index in [1.54, 1.807) is 12.1 Å². The van der Waals surface area contributed by atoms with Gasteiger partial charge in [0.2, 0.25) is 0 Å². The highest BCUT2D eigenvalue weighted by Crippen LogP contribution is 2.52. The van der Waals surface area contributed by atoms with Gasteiger partial charge in [-0.3, -0.25) is 0 Å². The summed E-state index contributed by atoms with van der Waals surface area (Å²) in [5, 5.41) is 15.9. The lowest BCUT2D eigenvalue weighted by Crippen LogP contribution is -2.41. The zero-order valence-corrected chi connectivity index (χ0v) is 70.7. The van der Waals surface area contributed by atoms with Gasteiger partial charge in [0, 0.05) is 27.3 Å². The summed E-state index contributed by atoms with van der Waals surface area (Å²) in [6.45, 7) is 8.24. The highest BCUT2D eigenvalue weighted by Gasteiger charge is 2.52. The smallest absolute Gasteiger partial charge is 0.455 e. The van der Waals surface area contributed by atoms with Crippen LogP contribution in [0, 0.1) is 0 Å². The number of fused-ring (bicyclic) bond motifs is 18. The predicted molar refractivity (Wildman–Crippen MR) is 538 cm³/mol. The number of benzene rings is 22. The topological polar surface area (TPSA) is 88.1 Å². The molecular weight excluding hydrogens is 1640 g/mol. The molecule has 3 heterocycles. The second-order valence-electron chi connectivity index (χ2n) is 33.0. The quantitative estimate of drug-likeness (QED) is 0.0443. The first-order valence-electron chi connectivity index (χ1n) is 54.0. The fourth-order valence-corrected chi connectivity index (χ4v) is 19.1. The maximum absolute atomic E-state index is 13.0. The molecule has 24 aromatic rings. The summed E-state index contributed by atoms with van der Waals surface area (Å²) >= 11 is 0. The van der Waals surface area contributed by atoms with Crippen molar-refractivity contribution in [1.29, 1.82) is 0 Å². The highest BCUT2D eigenvalue weighted by molar-refractivity contribution is 7.88. The lowest BCUT2D eigenvalue weighted by molar-refractivity contribution is -0.0499. The average molecular weight is 1750 g/mol. The van der Waals surface area contributed by atoms with E-state index in [9.17, 15) is 21.6 Å². The van der Waals surface area contributed by atoms with Gasteiger partial charge in [-0.1, -0.05) is 376 Å². The first-order chi connectivity index (χ1) is 73.8. The van der Waals surface area contributed by atoms with Crippen molar-refractivity contribution < 1.29 is 76.8 Å². The summed E-state index contributed by atoms with van der Waals surface area (Å²) < 4.78 is 297. The SMILES string of the molecule is [2H]c1c([2H])c([2H])c(-c2c3ccccc3c(-c3cc4cc(-c5cccc6oc7c(-c8c([2H])c([2H])c([2H])c9c([2H])c([2H])c([2H])c([2H])c89)cccc7c56)ccc4c4ccccc34)c3ccccc23)c([2H])c1[2H].[2H]c1c([2H])c([2H])c(-c2c3ccccc3c(-c3cc4cc(B5OC(C)(C)C(C)(C)O5)ccc4c4ccccc34)c3ccccc23)c([2H])c1[2H].[2H]c1c([2H])c([2H])c2c(-c3cccc4c3oc3cccc(OS(=O)(=O)C(F)(F)F)c34)c([2H])c([2H])c([2H])c2c1[2H]. The largest absolute Gasteiger partial charge is 0.534 e. The maximum atomic E-state index is 13.0. The number of alkyl halides is 3. The van der Waals surface area contributed by atoms with Crippen molar-refractivity contribution in [3.8, 4) is 83.6 Å². The molecule has 1 fully saturated rings. The van der Waals surface area contributed by atoms with Crippen molar-refractivity contribution in [2.24, 2.45) is 0 Å². The number of hydrogen-bond acceptors (Lipinski definition) is 7. The fourth-order valence-electron chi connectivity index (χ4n) is 18.6. The van der Waals surface area contributed by atoms with Crippen LogP contribution in [0.5, 0.6) is 5.75 Å². The van der Waals surface area contributed by atoms with Crippen molar-refractivity contribution in [2.75, 3.05) is 0 Å². The van der Waals surface area contributed by atoms with E-state index in [4.69, 9.17) is 51.0 Å². The Morgan fingerprint density at radius 2 is 0.656 bits per heavy atom. The molecule has 0 N–H and O–H groups in total. The molecule has 22 aromatic carbocycles. The molecule has 0 saturated carbocycles. The molecule has 0 atom stereocenters. The van der Waals surface area contributed by atoms with Gasteiger partial charge in [-0.25, -0.2) is 0 Å². The molecule has 25 rings (SSSR count). The Labute approximate surface area is 787 Å². The monoisotopic (exact) mass is 1740 g/mol. The van der Waals surface area contributed by atoms with E-state index in [-0.39, 0.29) is 114 Å². The molecule has 1 aliphatic rings. The van der Waals surface area contributed by atoms with Gasteiger partial charge in [0.05, 0.1) is 49.5 Å². The second kappa shape index (κ2) is 31.5. The zero-order valence-electron chi connectivity index (χ0n) is 93.9. The van der Waals surface area contributed by atoms with E-state index < -0.39 is 142 Å². The van der Waals surface area contributed by atoms with E-state index in [1.807, 2.05) is 121 Å². The van der Waals surface area contributed by atoms with Crippen molar-refractivity contribution >= 4 is 174 Å². The van der Waals surface area contributed by atoms with Crippen LogP contribution >= 0.6 is 0 Å². The number of halogens is 3. The van der Waals surface area contributed by atoms with Crippen molar-refractivity contribution in [3.63, 3.8) is 0 Å². The van der Waals surface area contributed by atoms with Gasteiger partial charge in [-0.2, -0.15) is 21.6 Å². The maximum Gasteiger partial charge on any atom is 0.534 e. The summed E-state index contributed by atoms with van der Waals surface area (Å²) in [6, 6.07) is 74.0. The number of para-hydroxylation sites is 2. The Morgan fingerprint density at radius 3 is 1.12 bits per heavy atom. The summed E-state index contributed by atoms with van der Waals surface area (Å²) in [5.74, 6) is -0.670. The molecule has 1 saturated heterocycles. The van der Waals surface area contributed by atoms with Gasteiger partial charge in [0.1, 0.15) is 22.3 Å². The van der Waals surface area contributed by atoms with Crippen LogP contribution in [0.1, 0.15) is 60.6 Å². The van der Waals surface area contributed by atoms with Gasteiger partial charge < -0.3 is 22.3 Å². The van der Waals surface area contributed by atoms with Crippen LogP contribution in [-0.4, -0.2) is 32.2 Å². The second-order valence-corrected chi connectivity index (χ2v) is 34.5. The van der Waals surface area contributed by atoms with Gasteiger partial charge in [0.15, 0.2) is 5.75 Å². The molecule has 628 valence electrons. The summed E-state index contributed by atoms with van der Waals surface area (Å²) in [4.78, 5) is 0. The van der Waals surface area contributed by atoms with Crippen LogP contribution in [0.3, 0.4) is 0 Å². The number of furan rings is 2. The van der Waals surface area contributed by atoms with E-state index >= 15 is 0 Å². The Morgan fingerprint density at radius 1 is 0.290 bits per heavy atom. The van der Waals surface area contributed by atoms with Gasteiger partial charge in [0.25, 0.3) is 0 Å². The molecule has 0 unspecified atom stereocenters. The lowest BCUT2D eigenvalue weighted by Gasteiger charge is -2.32. The van der Waals surface area contributed by atoms with Gasteiger partial charge in [-0.05, 0) is 244 Å². The molecule has 7 nitrogen and oxygen atoms in total. The van der Waals surface area contributed by atoms with E-state index in [0.717, 1.165) is 136 Å². The predicted octanol–water partition coefficient (Wildman–Crippen LogP) is 32.6. The van der Waals surface area contributed by atoms with E-state index in [1.165, 1.54) is 30.3 Å². The molecule has 0 radical (unpaired) electrons. The Kier molecular flexibility index (Phi) is 14.0. The molecule has 12 heteroatoms. The molecular formula is C119H80BF3O7S. The van der Waals surface area contributed by atoms with Crippen LogP contribution < -0.4 is 9.65 Å². The minimum Gasteiger partial charge on any atom is -0.455 e. The molecule has 0 amide bonds. The summed E-state index contributed by atoms with van der Waals surface area (Å²) in [5.41, 5.74) is 2.75. The third-order valence-corrected chi connectivity index (χ3v) is 26.1. The van der Waals surface area contributed by atoms with Crippen LogP contribution in [0.4, 0.5) is 13.2 Å². The van der Waals surface area contributed by atoms with Crippen molar-refractivity contribution in [1.82, 2.24) is 0 Å². The minimum absolute atomic E-state index is 0.0120. The zero-order chi connectivity index (χ0) is 109. The third-order valence-electron chi connectivity index (χ3n) is 25.1. The van der Waals surface area contributed by atoms with Crippen LogP contribution in [0.25, 0.3) is 229 Å². The highest BCUT2D eigenvalue weighted by atomic mass is 32.2. The Balaban J connectivity index is 0.000000133. The standard InChI is InChI=1S/C56H34O.C40H33BO2.C23H13F3O4S/c1-2-16-36(17-3-1)53-45-22-8-10-24-47(45)54(48-25-11-9-23-46(48)53)51-34-38-33-37(31-32-40(38)42-20-6-7-21-44(42)51)41-26-14-30-52-55(41)50-29-13-28-49(56(50)57-52)43-27-12-18-35-15-4-5-19-39(35)43;1-39(2)40(3,4)43-41(42-39)28-22-23-29-27(24-28)25-36(31-17-9-8-16-30(29)31)38-34-20-12-10-18-32(34)37(26-14-6-5-7-15-26)33-19-11-13-21-35(33)38;24-23(25,26)31(27,28)30-20-13-5-12-19-21(20)18-11-4-10-17(22(18)29-19)16-9-3-7-14-6-1-2-8-15(14)16/h1-34H;5-25H,1-4H3;1-13H/i1D,2D,3D,4D,5D,12D,15D,16D,17D,18D,19D,27D;5D,6D,7D,14D,15D;1D,2D,3D,6D,7D,8D,9D. The Bertz CT molecular complexity index is 10300. The molecule has 131 heavy (non-hydrogen) atoms. The van der Waals surface area contributed by atoms with Gasteiger partial charge >= 0.3 is 22.7 Å². The van der Waals surface area contributed by atoms with Crippen LogP contribution in [0.2, 0.25) is 0 Å². The van der Waals surface area contributed by atoms with Gasteiger partial charge in [-0.15, -0.1) is 0 Å². The van der Waals surface area contributed by atoms with Crippen LogP contribution in [-0.2, 0) is 19.4 Å². The summed E-state index contributed by atoms with van der Waals surface area (Å²) in [7, 11) is -6.51. The number of hydrogen-bond donors (Lipinski definition) is 0.